The topological polar surface area (TPSA) is 180 Å². The fraction of sp³-hybridized carbons (Fsp3) is 0.341. The predicted molar refractivity (Wildman–Crippen MR) is 221 cm³/mol. The number of nitrogens with zero attached hydrogens (tertiary/aromatic N) is 5. The lowest BCUT2D eigenvalue weighted by molar-refractivity contribution is -0.137. The molecule has 15 heteroatoms. The smallest absolute Gasteiger partial charge is 0.255 e. The Kier molecular flexibility index (Phi) is 11.9. The third-order valence-electron chi connectivity index (χ3n) is 10.9. The summed E-state index contributed by atoms with van der Waals surface area (Å²) in [5, 5.41) is 21.5. The van der Waals surface area contributed by atoms with Crippen molar-refractivity contribution in [3.05, 3.63) is 106 Å². The highest BCUT2D eigenvalue weighted by molar-refractivity contribution is 6.06. The minimum absolute atomic E-state index is 0.0260. The van der Waals surface area contributed by atoms with E-state index >= 15 is 0 Å². The van der Waals surface area contributed by atoms with Gasteiger partial charge in [-0.25, -0.2) is 0 Å². The Bertz CT molecular complexity index is 2400. The van der Waals surface area contributed by atoms with Crippen molar-refractivity contribution < 1.29 is 33.4 Å². The van der Waals surface area contributed by atoms with Gasteiger partial charge in [-0.3, -0.25) is 29.6 Å². The summed E-state index contributed by atoms with van der Waals surface area (Å²) in [4.78, 5) is 53.6. The van der Waals surface area contributed by atoms with Crippen molar-refractivity contribution in [2.24, 2.45) is 10.2 Å². The van der Waals surface area contributed by atoms with E-state index in [1.54, 1.807) is 38.5 Å². The summed E-state index contributed by atoms with van der Waals surface area (Å²) in [6.45, 7) is 9.12. The van der Waals surface area contributed by atoms with Gasteiger partial charge in [0.15, 0.2) is 11.5 Å². The first kappa shape index (κ1) is 40.4. The molecule has 4 heterocycles. The number of azo groups is 1. The maximum Gasteiger partial charge on any atom is 0.255 e. The van der Waals surface area contributed by atoms with Crippen LogP contribution in [0.4, 0.5) is 11.4 Å². The van der Waals surface area contributed by atoms with Crippen molar-refractivity contribution in [2.45, 2.75) is 65.0 Å². The molecule has 0 aliphatic carbocycles. The van der Waals surface area contributed by atoms with E-state index in [-0.39, 0.29) is 37.1 Å². The normalized spacial score (nSPS) is 16.2. The second-order valence-corrected chi connectivity index (χ2v) is 14.8. The van der Waals surface area contributed by atoms with Gasteiger partial charge in [-0.1, -0.05) is 18.7 Å². The van der Waals surface area contributed by atoms with Gasteiger partial charge in [0, 0.05) is 67.5 Å². The minimum Gasteiger partial charge on any atom is -0.496 e. The lowest BCUT2D eigenvalue weighted by Crippen LogP contribution is -2.52. The maximum atomic E-state index is 13.2. The van der Waals surface area contributed by atoms with Crippen LogP contribution in [0.1, 0.15) is 81.5 Å². The molecule has 1 fully saturated rings. The van der Waals surface area contributed by atoms with Gasteiger partial charge >= 0.3 is 0 Å². The van der Waals surface area contributed by atoms with E-state index in [1.165, 1.54) is 4.90 Å². The number of carbonyl (C=O) groups is 4. The molecule has 4 amide bonds. The highest BCUT2D eigenvalue weighted by atomic mass is 16.5. The lowest BCUT2D eigenvalue weighted by atomic mass is 9.91. The number of aromatic nitrogens is 2. The third-order valence-corrected chi connectivity index (χ3v) is 10.9. The van der Waals surface area contributed by atoms with Gasteiger partial charge in [0.05, 0.1) is 49.8 Å². The summed E-state index contributed by atoms with van der Waals surface area (Å²) < 4.78 is 17.6. The molecule has 15 nitrogen and oxygen atoms in total. The number of fused-ring (bicyclic) bond motifs is 2. The molecule has 3 N–H and O–H groups in total. The van der Waals surface area contributed by atoms with Gasteiger partial charge < -0.3 is 29.3 Å². The molecule has 0 bridgehead atoms. The zero-order valence-electron chi connectivity index (χ0n) is 33.9. The van der Waals surface area contributed by atoms with Crippen molar-refractivity contribution in [2.75, 3.05) is 34.4 Å². The molecule has 3 aliphatic heterocycles. The first-order valence-electron chi connectivity index (χ1n) is 19.6. The molecule has 1 unspecified atom stereocenters. The van der Waals surface area contributed by atoms with Crippen molar-refractivity contribution >= 4 is 46.3 Å². The number of H-pyrrole nitrogens is 1. The maximum absolute atomic E-state index is 13.2. The Balaban J connectivity index is 0.886. The van der Waals surface area contributed by atoms with E-state index in [9.17, 15) is 19.2 Å². The number of ether oxygens (including phenoxy) is 3. The average Bonchev–Trinajstić information content (AvgIpc) is 3.84. The van der Waals surface area contributed by atoms with Crippen LogP contribution in [0.2, 0.25) is 0 Å². The summed E-state index contributed by atoms with van der Waals surface area (Å²) >= 11 is 0. The number of hydrogen-bond donors (Lipinski definition) is 3. The van der Waals surface area contributed by atoms with Crippen molar-refractivity contribution in [1.29, 1.82) is 0 Å². The second-order valence-electron chi connectivity index (χ2n) is 14.8. The number of methoxy groups -OCH3 is 2. The zero-order valence-corrected chi connectivity index (χ0v) is 33.9. The number of hydrogen-bond acceptors (Lipinski definition) is 11. The Hall–Kier alpha value is -6.77. The Labute approximate surface area is 342 Å². The Morgan fingerprint density at radius 3 is 2.61 bits per heavy atom. The van der Waals surface area contributed by atoms with Crippen molar-refractivity contribution in [3.8, 4) is 17.2 Å². The number of piperidine rings is 1. The van der Waals surface area contributed by atoms with Crippen LogP contribution < -0.4 is 24.8 Å². The molecule has 0 spiro atoms. The standard InChI is InChI=1S/C44H48N8O7/c1-25-18-28(33-23-51(4)27(3)41-32(33)22-46-50-41)20-37(57-5)30(25)10-8-13-39(53)45-16-9-17-59-42-26(2)19-29(21-38(42)58-6)48-49-35-12-7-11-31-34(35)24-52(44(31)56)36-14-15-40(54)47-43(36)55/h7,11-12,18-23,36H,3,8-10,13-17,24H2,1-2,4-6H3,(H,45,53)(H,46,50)(H,47,54,55). The van der Waals surface area contributed by atoms with Crippen LogP contribution in [-0.2, 0) is 27.3 Å². The monoisotopic (exact) mass is 800 g/mol. The van der Waals surface area contributed by atoms with Crippen molar-refractivity contribution in [1.82, 2.24) is 30.6 Å². The molecule has 306 valence electrons. The Morgan fingerprint density at radius 1 is 1.02 bits per heavy atom. The van der Waals surface area contributed by atoms with Crippen LogP contribution in [0, 0.1) is 13.8 Å². The number of carbonyl (C=O) groups excluding carboxylic acids is 4. The molecular formula is C44H48N8O7. The SMILES string of the molecule is C=C1c2[nH]ncc2C(c2cc(C)c(CCCC(=O)NCCCOc3c(C)cc(N=Nc4cccc5c4CN(C4CCC(=O)NC4=O)C5=O)cc3OC)c(OC)c2)=CN1C. The minimum atomic E-state index is -0.717. The van der Waals surface area contributed by atoms with Gasteiger partial charge in [0.2, 0.25) is 17.7 Å². The molecule has 0 radical (unpaired) electrons. The molecular weight excluding hydrogens is 753 g/mol. The second kappa shape index (κ2) is 17.4. The predicted octanol–water partition coefficient (Wildman–Crippen LogP) is 6.43. The summed E-state index contributed by atoms with van der Waals surface area (Å²) in [6, 6.07) is 12.2. The van der Waals surface area contributed by atoms with E-state index in [4.69, 9.17) is 14.2 Å². The highest BCUT2D eigenvalue weighted by Crippen LogP contribution is 2.40. The number of nitrogens with one attached hydrogen (secondary N) is 3. The van der Waals surface area contributed by atoms with Crippen LogP contribution in [0.5, 0.6) is 17.2 Å². The van der Waals surface area contributed by atoms with E-state index in [0.717, 1.165) is 50.5 Å². The highest BCUT2D eigenvalue weighted by Gasteiger charge is 2.40. The molecule has 1 aromatic heterocycles. The first-order valence-corrected chi connectivity index (χ1v) is 19.6. The van der Waals surface area contributed by atoms with E-state index in [2.05, 4.69) is 56.8 Å². The van der Waals surface area contributed by atoms with Gasteiger partial charge in [-0.2, -0.15) is 15.3 Å². The number of benzene rings is 3. The van der Waals surface area contributed by atoms with Crippen LogP contribution in [0.15, 0.2) is 71.7 Å². The van der Waals surface area contributed by atoms with Gasteiger partial charge in [0.1, 0.15) is 11.8 Å². The van der Waals surface area contributed by atoms with Gasteiger partial charge in [-0.15, -0.1) is 0 Å². The van der Waals surface area contributed by atoms with Crippen LogP contribution in [0.25, 0.3) is 11.3 Å². The number of aromatic amines is 1. The first-order chi connectivity index (χ1) is 28.5. The number of imide groups is 1. The molecule has 1 saturated heterocycles. The summed E-state index contributed by atoms with van der Waals surface area (Å²) in [5.41, 5.74) is 9.92. The quantitative estimate of drug-likeness (QED) is 0.0694. The van der Waals surface area contributed by atoms with E-state index in [0.29, 0.717) is 72.8 Å². The lowest BCUT2D eigenvalue weighted by Gasteiger charge is -2.29. The molecule has 4 aromatic rings. The zero-order chi connectivity index (χ0) is 41.8. The van der Waals surface area contributed by atoms with Crippen LogP contribution in [-0.4, -0.2) is 84.1 Å². The molecule has 7 rings (SSSR count). The van der Waals surface area contributed by atoms with Crippen molar-refractivity contribution in [3.63, 3.8) is 0 Å². The Morgan fingerprint density at radius 2 is 1.83 bits per heavy atom. The largest absolute Gasteiger partial charge is 0.496 e. The molecule has 1 atom stereocenters. The number of amides is 4. The summed E-state index contributed by atoms with van der Waals surface area (Å²) in [5.74, 6) is 0.740. The van der Waals surface area contributed by atoms with Crippen LogP contribution in [0.3, 0.4) is 0 Å². The average molecular weight is 801 g/mol. The third kappa shape index (κ3) is 8.45. The molecule has 0 saturated carbocycles. The van der Waals surface area contributed by atoms with E-state index < -0.39 is 11.9 Å². The molecule has 3 aromatic carbocycles. The van der Waals surface area contributed by atoms with Gasteiger partial charge in [-0.05, 0) is 86.1 Å². The fourth-order valence-corrected chi connectivity index (χ4v) is 7.78. The fourth-order valence-electron chi connectivity index (χ4n) is 7.78. The van der Waals surface area contributed by atoms with Crippen LogP contribution >= 0.6 is 0 Å². The number of rotatable bonds is 15. The number of aryl methyl sites for hydroxylation is 2. The summed E-state index contributed by atoms with van der Waals surface area (Å²) in [7, 11) is 5.18. The van der Waals surface area contributed by atoms with E-state index in [1.807, 2.05) is 37.2 Å². The van der Waals surface area contributed by atoms with Gasteiger partial charge in [0.25, 0.3) is 5.91 Å². The molecule has 3 aliphatic rings. The summed E-state index contributed by atoms with van der Waals surface area (Å²) in [6.07, 6.45) is 6.67. The molecule has 59 heavy (non-hydrogen) atoms.